The highest BCUT2D eigenvalue weighted by molar-refractivity contribution is 6.21. The second-order valence-electron chi connectivity index (χ2n) is 7.37. The van der Waals surface area contributed by atoms with Gasteiger partial charge in [-0.1, -0.05) is 12.1 Å². The maximum Gasteiger partial charge on any atom is 0.338 e. The van der Waals surface area contributed by atoms with Crippen LogP contribution in [0, 0.1) is 6.92 Å². The van der Waals surface area contributed by atoms with Gasteiger partial charge in [0.1, 0.15) is 0 Å². The van der Waals surface area contributed by atoms with Crippen LogP contribution < -0.4 is 5.32 Å². The van der Waals surface area contributed by atoms with Crippen LogP contribution in [0.3, 0.4) is 0 Å². The molecule has 3 amide bonds. The van der Waals surface area contributed by atoms with E-state index >= 15 is 0 Å². The van der Waals surface area contributed by atoms with Crippen LogP contribution in [0.2, 0.25) is 0 Å². The lowest BCUT2D eigenvalue weighted by Crippen LogP contribution is -2.32. The van der Waals surface area contributed by atoms with Gasteiger partial charge in [-0.15, -0.1) is 0 Å². The third-order valence-corrected chi connectivity index (χ3v) is 5.16. The Labute approximate surface area is 184 Å². The molecule has 4 rings (SSSR count). The van der Waals surface area contributed by atoms with Crippen LogP contribution in [0.25, 0.3) is 10.9 Å². The normalized spacial score (nSPS) is 12.8. The molecule has 2 heterocycles. The number of pyridine rings is 1. The van der Waals surface area contributed by atoms with Gasteiger partial charge in [0, 0.05) is 24.0 Å². The number of nitrogens with one attached hydrogen (secondary N) is 1. The van der Waals surface area contributed by atoms with Gasteiger partial charge in [0.15, 0.2) is 0 Å². The van der Waals surface area contributed by atoms with E-state index in [-0.39, 0.29) is 25.5 Å². The molecule has 1 aromatic heterocycles. The molecule has 162 valence electrons. The van der Waals surface area contributed by atoms with Crippen LogP contribution in [0.5, 0.6) is 0 Å². The second-order valence-corrected chi connectivity index (χ2v) is 7.37. The molecule has 1 N–H and O–H groups in total. The first kappa shape index (κ1) is 21.2. The number of benzene rings is 2. The lowest BCUT2D eigenvalue weighted by molar-refractivity contribution is -0.116. The summed E-state index contributed by atoms with van der Waals surface area (Å²) in [5.41, 5.74) is 2.85. The van der Waals surface area contributed by atoms with Crippen molar-refractivity contribution in [2.75, 3.05) is 18.5 Å². The fourth-order valence-electron chi connectivity index (χ4n) is 3.67. The summed E-state index contributed by atoms with van der Waals surface area (Å²) in [6.45, 7) is 3.75. The maximum atomic E-state index is 12.7. The molecule has 0 saturated carbocycles. The third-order valence-electron chi connectivity index (χ3n) is 5.16. The fraction of sp³-hybridized carbons (Fsp3) is 0.208. The van der Waals surface area contributed by atoms with E-state index in [0.717, 1.165) is 4.90 Å². The number of hydrogen-bond acceptors (Lipinski definition) is 6. The largest absolute Gasteiger partial charge is 0.462 e. The number of imide groups is 1. The molecule has 0 spiro atoms. The average Bonchev–Trinajstić information content (AvgIpc) is 3.02. The summed E-state index contributed by atoms with van der Waals surface area (Å²) in [6, 6.07) is 13.2. The summed E-state index contributed by atoms with van der Waals surface area (Å²) in [7, 11) is 0. The molecule has 1 aliphatic heterocycles. The quantitative estimate of drug-likeness (QED) is 0.474. The van der Waals surface area contributed by atoms with E-state index < -0.39 is 17.8 Å². The first-order chi connectivity index (χ1) is 15.4. The van der Waals surface area contributed by atoms with Crippen molar-refractivity contribution in [3.05, 3.63) is 70.9 Å². The van der Waals surface area contributed by atoms with E-state index in [2.05, 4.69) is 10.3 Å². The van der Waals surface area contributed by atoms with Crippen LogP contribution in [-0.4, -0.2) is 46.7 Å². The Bertz CT molecular complexity index is 1230. The van der Waals surface area contributed by atoms with Crippen molar-refractivity contribution in [2.24, 2.45) is 0 Å². The van der Waals surface area contributed by atoms with Gasteiger partial charge >= 0.3 is 5.97 Å². The van der Waals surface area contributed by atoms with Gasteiger partial charge in [0.25, 0.3) is 11.8 Å². The number of amides is 3. The molecule has 32 heavy (non-hydrogen) atoms. The van der Waals surface area contributed by atoms with Gasteiger partial charge in [-0.05, 0) is 50.2 Å². The smallest absolute Gasteiger partial charge is 0.338 e. The Morgan fingerprint density at radius 2 is 1.72 bits per heavy atom. The molecular formula is C24H21N3O5. The summed E-state index contributed by atoms with van der Waals surface area (Å²) in [5.74, 6) is -1.63. The molecule has 0 atom stereocenters. The second kappa shape index (κ2) is 8.58. The number of rotatable bonds is 6. The highest BCUT2D eigenvalue weighted by Crippen LogP contribution is 2.26. The summed E-state index contributed by atoms with van der Waals surface area (Å²) in [6.07, 6.45) is -0.0636. The van der Waals surface area contributed by atoms with E-state index in [4.69, 9.17) is 4.74 Å². The lowest BCUT2D eigenvalue weighted by atomic mass is 10.1. The number of esters is 1. The number of aryl methyl sites for hydroxylation is 1. The van der Waals surface area contributed by atoms with Crippen molar-refractivity contribution in [1.29, 1.82) is 0 Å². The number of aromatic nitrogens is 1. The number of anilines is 1. The first-order valence-electron chi connectivity index (χ1n) is 10.2. The number of nitrogens with zero attached hydrogens (tertiary/aromatic N) is 2. The fourth-order valence-corrected chi connectivity index (χ4v) is 3.67. The van der Waals surface area contributed by atoms with Gasteiger partial charge in [-0.2, -0.15) is 0 Å². The average molecular weight is 431 g/mol. The number of ether oxygens (including phenoxy) is 1. The standard InChI is InChI=1S/C24H21N3O5/c1-3-32-24(31)15-8-9-19-18(13-15)20(12-14(2)25-19)26-21(28)10-11-27-22(29)16-6-4-5-7-17(16)23(27)30/h4-9,12-13H,3,10-11H2,1-2H3,(H,25,26,28). The Kier molecular flexibility index (Phi) is 5.68. The molecular weight excluding hydrogens is 410 g/mol. The van der Waals surface area contributed by atoms with E-state index in [1.165, 1.54) is 0 Å². The number of carbonyl (C=O) groups is 4. The van der Waals surface area contributed by atoms with Gasteiger partial charge in [0.2, 0.25) is 5.91 Å². The molecule has 8 heteroatoms. The van der Waals surface area contributed by atoms with Crippen molar-refractivity contribution in [2.45, 2.75) is 20.3 Å². The van der Waals surface area contributed by atoms with Crippen LogP contribution in [0.4, 0.5) is 5.69 Å². The predicted octanol–water partition coefficient (Wildman–Crippen LogP) is 3.34. The zero-order chi connectivity index (χ0) is 22.8. The van der Waals surface area contributed by atoms with Crippen molar-refractivity contribution in [1.82, 2.24) is 9.88 Å². The highest BCUT2D eigenvalue weighted by Gasteiger charge is 2.35. The molecule has 0 aliphatic carbocycles. The van der Waals surface area contributed by atoms with Crippen molar-refractivity contribution in [3.63, 3.8) is 0 Å². The van der Waals surface area contributed by atoms with Crippen molar-refractivity contribution in [3.8, 4) is 0 Å². The summed E-state index contributed by atoms with van der Waals surface area (Å²) >= 11 is 0. The van der Waals surface area contributed by atoms with Gasteiger partial charge in [-0.3, -0.25) is 24.3 Å². The number of fused-ring (bicyclic) bond motifs is 2. The first-order valence-corrected chi connectivity index (χ1v) is 10.2. The summed E-state index contributed by atoms with van der Waals surface area (Å²) in [4.78, 5) is 55.2. The van der Waals surface area contributed by atoms with Crippen LogP contribution >= 0.6 is 0 Å². The van der Waals surface area contributed by atoms with Crippen molar-refractivity contribution < 1.29 is 23.9 Å². The lowest BCUT2D eigenvalue weighted by Gasteiger charge is -2.14. The number of carbonyl (C=O) groups excluding carboxylic acids is 4. The van der Waals surface area contributed by atoms with E-state index in [9.17, 15) is 19.2 Å². The van der Waals surface area contributed by atoms with Crippen LogP contribution in [-0.2, 0) is 9.53 Å². The van der Waals surface area contributed by atoms with Gasteiger partial charge in [-0.25, -0.2) is 4.79 Å². The minimum atomic E-state index is -0.460. The Hall–Kier alpha value is -4.07. The predicted molar refractivity (Wildman–Crippen MR) is 117 cm³/mol. The zero-order valence-electron chi connectivity index (χ0n) is 17.7. The SMILES string of the molecule is CCOC(=O)c1ccc2nc(C)cc(NC(=O)CCN3C(=O)c4ccccc4C3=O)c2c1. The molecule has 1 aliphatic rings. The molecule has 0 unspecified atom stereocenters. The van der Waals surface area contributed by atoms with E-state index in [1.54, 1.807) is 62.4 Å². The highest BCUT2D eigenvalue weighted by atomic mass is 16.5. The Morgan fingerprint density at radius 1 is 1.03 bits per heavy atom. The van der Waals surface area contributed by atoms with Crippen molar-refractivity contribution >= 4 is 40.3 Å². The van der Waals surface area contributed by atoms with Crippen LogP contribution in [0.1, 0.15) is 50.1 Å². The molecule has 2 aromatic carbocycles. The third kappa shape index (κ3) is 3.94. The topological polar surface area (TPSA) is 106 Å². The molecule has 0 radical (unpaired) electrons. The number of hydrogen-bond donors (Lipinski definition) is 1. The van der Waals surface area contributed by atoms with Gasteiger partial charge < -0.3 is 10.1 Å². The molecule has 3 aromatic rings. The molecule has 0 bridgehead atoms. The minimum absolute atomic E-state index is 0.0335. The Balaban J connectivity index is 1.51. The minimum Gasteiger partial charge on any atom is -0.462 e. The van der Waals surface area contributed by atoms with E-state index in [0.29, 0.717) is 39.0 Å². The van der Waals surface area contributed by atoms with Gasteiger partial charge in [0.05, 0.1) is 34.5 Å². The molecule has 0 saturated heterocycles. The zero-order valence-corrected chi connectivity index (χ0v) is 17.7. The van der Waals surface area contributed by atoms with Crippen LogP contribution in [0.15, 0.2) is 48.5 Å². The summed E-state index contributed by atoms with van der Waals surface area (Å²) in [5, 5.41) is 3.41. The molecule has 0 fully saturated rings. The summed E-state index contributed by atoms with van der Waals surface area (Å²) < 4.78 is 5.05. The monoisotopic (exact) mass is 431 g/mol. The maximum absolute atomic E-state index is 12.7. The van der Waals surface area contributed by atoms with E-state index in [1.807, 2.05) is 0 Å². The molecule has 8 nitrogen and oxygen atoms in total. The Morgan fingerprint density at radius 3 is 2.38 bits per heavy atom.